The molecule has 2 bridgehead atoms. The first kappa shape index (κ1) is 25.7. The van der Waals surface area contributed by atoms with Gasteiger partial charge in [0.2, 0.25) is 0 Å². The molecule has 1 saturated carbocycles. The van der Waals surface area contributed by atoms with Crippen LogP contribution in [0.4, 0.5) is 22.0 Å². The summed E-state index contributed by atoms with van der Waals surface area (Å²) in [5.74, 6) is -7.58. The number of allylic oxidation sites excluding steroid dienone is 1. The molecule has 1 aromatic rings. The number of fused-ring (bicyclic) bond motifs is 3. The Labute approximate surface area is 206 Å². The smallest absolute Gasteiger partial charge is 0.484 e. The van der Waals surface area contributed by atoms with Gasteiger partial charge in [0, 0.05) is 12.1 Å². The van der Waals surface area contributed by atoms with E-state index in [9.17, 15) is 22.0 Å². The summed E-state index contributed by atoms with van der Waals surface area (Å²) in [7, 11) is 0. The highest BCUT2D eigenvalue weighted by molar-refractivity contribution is 5.25. The summed E-state index contributed by atoms with van der Waals surface area (Å²) in [6, 6.07) is 0.629. The molecular weight excluding hydrogens is 487 g/mol. The number of halogens is 5. The molecule has 3 saturated heterocycles. The molecule has 5 aliphatic rings. The number of rotatable bonds is 7. The number of ether oxygens (including phenoxy) is 5. The van der Waals surface area contributed by atoms with Crippen LogP contribution >= 0.6 is 0 Å². The molecule has 1 aliphatic carbocycles. The van der Waals surface area contributed by atoms with E-state index in [2.05, 4.69) is 11.7 Å². The SMILES string of the molecule is CCCC1CCC(C2=COC(C34COC(C(F)(F)Oc5cc(F)c(F)c(F)c5)(OC3)OC4)CC2)CC1. The van der Waals surface area contributed by atoms with Gasteiger partial charge in [-0.05, 0) is 55.9 Å². The number of benzene rings is 1. The average Bonchev–Trinajstić information content (AvgIpc) is 2.89. The number of alkyl halides is 2. The van der Waals surface area contributed by atoms with Crippen LogP contribution in [0.25, 0.3) is 0 Å². The Balaban J connectivity index is 1.20. The van der Waals surface area contributed by atoms with Gasteiger partial charge in [0.25, 0.3) is 0 Å². The van der Waals surface area contributed by atoms with Gasteiger partial charge in [0.1, 0.15) is 11.9 Å². The molecule has 10 heteroatoms. The summed E-state index contributed by atoms with van der Waals surface area (Å²) >= 11 is 0. The van der Waals surface area contributed by atoms with Gasteiger partial charge in [0.15, 0.2) is 17.5 Å². The van der Waals surface area contributed by atoms with Crippen molar-refractivity contribution < 1.29 is 45.6 Å². The Kier molecular flexibility index (Phi) is 6.97. The highest BCUT2D eigenvalue weighted by Crippen LogP contribution is 2.50. The lowest BCUT2D eigenvalue weighted by molar-refractivity contribution is -0.551. The molecule has 0 radical (unpaired) electrons. The largest absolute Gasteiger partial charge is 0.497 e. The summed E-state index contributed by atoms with van der Waals surface area (Å²) in [6.45, 7) is 1.83. The second-order valence-electron chi connectivity index (χ2n) is 10.5. The van der Waals surface area contributed by atoms with Crippen molar-refractivity contribution in [2.45, 2.75) is 76.5 Å². The van der Waals surface area contributed by atoms with Crippen LogP contribution in [0.3, 0.4) is 0 Å². The van der Waals surface area contributed by atoms with Crippen LogP contribution in [0.15, 0.2) is 24.0 Å². The average molecular weight is 519 g/mol. The molecule has 4 aliphatic heterocycles. The van der Waals surface area contributed by atoms with Crippen LogP contribution in [0.1, 0.15) is 58.3 Å². The summed E-state index contributed by atoms with van der Waals surface area (Å²) < 4.78 is 96.5. The second kappa shape index (κ2) is 9.76. The van der Waals surface area contributed by atoms with E-state index in [0.717, 1.165) is 12.3 Å². The molecular formula is C26H31F5O5. The van der Waals surface area contributed by atoms with Gasteiger partial charge in [-0.25, -0.2) is 13.2 Å². The maximum absolute atomic E-state index is 15.0. The molecule has 0 spiro atoms. The van der Waals surface area contributed by atoms with Crippen LogP contribution in [-0.2, 0) is 18.9 Å². The van der Waals surface area contributed by atoms with Crippen LogP contribution in [-0.4, -0.2) is 38.0 Å². The Morgan fingerprint density at radius 3 is 2.08 bits per heavy atom. The highest BCUT2D eigenvalue weighted by Gasteiger charge is 2.70. The van der Waals surface area contributed by atoms with E-state index in [4.69, 9.17) is 18.9 Å². The van der Waals surface area contributed by atoms with Gasteiger partial charge in [-0.1, -0.05) is 19.8 Å². The highest BCUT2D eigenvalue weighted by atomic mass is 19.3. The van der Waals surface area contributed by atoms with Crippen molar-refractivity contribution in [2.75, 3.05) is 19.8 Å². The molecule has 1 aromatic carbocycles. The van der Waals surface area contributed by atoms with E-state index >= 15 is 0 Å². The van der Waals surface area contributed by atoms with Crippen molar-refractivity contribution in [3.63, 3.8) is 0 Å². The molecule has 4 heterocycles. The first-order valence-electron chi connectivity index (χ1n) is 12.6. The molecule has 5 nitrogen and oxygen atoms in total. The lowest BCUT2D eigenvalue weighted by Crippen LogP contribution is -2.71. The Morgan fingerprint density at radius 1 is 0.944 bits per heavy atom. The van der Waals surface area contributed by atoms with Gasteiger partial charge in [-0.3, -0.25) is 0 Å². The van der Waals surface area contributed by atoms with Crippen molar-refractivity contribution in [1.82, 2.24) is 0 Å². The van der Waals surface area contributed by atoms with E-state index in [-0.39, 0.29) is 25.9 Å². The Morgan fingerprint density at radius 2 is 1.56 bits per heavy atom. The third kappa shape index (κ3) is 4.60. The number of hydrogen-bond acceptors (Lipinski definition) is 5. The Hall–Kier alpha value is -1.91. The monoisotopic (exact) mass is 518 g/mol. The van der Waals surface area contributed by atoms with E-state index in [1.807, 2.05) is 6.26 Å². The first-order chi connectivity index (χ1) is 17.2. The second-order valence-corrected chi connectivity index (χ2v) is 10.5. The van der Waals surface area contributed by atoms with E-state index in [0.29, 0.717) is 24.5 Å². The van der Waals surface area contributed by atoms with Gasteiger partial charge in [0.05, 0.1) is 31.5 Å². The fourth-order valence-corrected chi connectivity index (χ4v) is 5.87. The molecule has 6 rings (SSSR count). The molecule has 4 fully saturated rings. The first-order valence-corrected chi connectivity index (χ1v) is 12.6. The topological polar surface area (TPSA) is 46.2 Å². The summed E-state index contributed by atoms with van der Waals surface area (Å²) in [4.78, 5) is 0. The zero-order valence-electron chi connectivity index (χ0n) is 20.2. The third-order valence-corrected chi connectivity index (χ3v) is 8.04. The van der Waals surface area contributed by atoms with Gasteiger partial charge in [-0.15, -0.1) is 0 Å². The van der Waals surface area contributed by atoms with E-state index in [1.165, 1.54) is 44.1 Å². The molecule has 1 unspecified atom stereocenters. The molecule has 0 aromatic heterocycles. The van der Waals surface area contributed by atoms with Crippen molar-refractivity contribution in [2.24, 2.45) is 17.3 Å². The van der Waals surface area contributed by atoms with Gasteiger partial charge < -0.3 is 23.7 Å². The minimum Gasteiger partial charge on any atom is -0.497 e. The Bertz CT molecular complexity index is 943. The third-order valence-electron chi connectivity index (χ3n) is 8.04. The fraction of sp³-hybridized carbons (Fsp3) is 0.692. The van der Waals surface area contributed by atoms with Crippen molar-refractivity contribution in [3.05, 3.63) is 41.4 Å². The zero-order chi connectivity index (χ0) is 25.6. The lowest BCUT2D eigenvalue weighted by atomic mass is 9.74. The fourth-order valence-electron chi connectivity index (χ4n) is 5.87. The molecule has 200 valence electrons. The minimum atomic E-state index is -4.27. The van der Waals surface area contributed by atoms with Crippen molar-refractivity contribution in [1.29, 1.82) is 0 Å². The molecule has 1 atom stereocenters. The predicted octanol–water partition coefficient (Wildman–Crippen LogP) is 6.46. The van der Waals surface area contributed by atoms with E-state index in [1.54, 1.807) is 0 Å². The summed E-state index contributed by atoms with van der Waals surface area (Å²) in [5.41, 5.74) is 0.534. The van der Waals surface area contributed by atoms with Crippen LogP contribution in [0.5, 0.6) is 5.75 Å². The summed E-state index contributed by atoms with van der Waals surface area (Å²) in [5, 5.41) is 0. The quantitative estimate of drug-likeness (QED) is 0.306. The number of hydrogen-bond donors (Lipinski definition) is 0. The van der Waals surface area contributed by atoms with Crippen LogP contribution in [0.2, 0.25) is 0 Å². The normalized spacial score (nSPS) is 34.7. The summed E-state index contributed by atoms with van der Waals surface area (Å²) in [6.07, 6.45) is 6.14. The minimum absolute atomic E-state index is 0.131. The van der Waals surface area contributed by atoms with Crippen molar-refractivity contribution in [3.8, 4) is 5.75 Å². The molecule has 36 heavy (non-hydrogen) atoms. The standard InChI is InChI=1S/C26H31F5O5/c1-2-3-16-4-6-17(7-5-16)18-8-9-22(32-12-18)24-13-33-26(34-14-24,35-15-24)25(30,31)36-19-10-20(27)23(29)21(28)11-19/h10-12,16-17,22H,2-9,13-15H2,1H3. The zero-order valence-corrected chi connectivity index (χ0v) is 20.2. The molecule has 0 N–H and O–H groups in total. The predicted molar refractivity (Wildman–Crippen MR) is 117 cm³/mol. The lowest BCUT2D eigenvalue weighted by Gasteiger charge is -2.55. The maximum atomic E-state index is 15.0. The van der Waals surface area contributed by atoms with Crippen molar-refractivity contribution >= 4 is 0 Å². The van der Waals surface area contributed by atoms with Crippen LogP contribution in [0, 0.1) is 34.7 Å². The van der Waals surface area contributed by atoms with Crippen LogP contribution < -0.4 is 4.74 Å². The maximum Gasteiger partial charge on any atom is 0.484 e. The molecule has 0 amide bonds. The van der Waals surface area contributed by atoms with Gasteiger partial charge in [-0.2, -0.15) is 8.78 Å². The van der Waals surface area contributed by atoms with E-state index < -0.39 is 40.7 Å². The van der Waals surface area contributed by atoms with Gasteiger partial charge >= 0.3 is 12.1 Å².